The first-order chi connectivity index (χ1) is 54.1. The number of Topliss-reactive ketones (excluding diaryl/α,β-unsaturated/α-hetero) is 6. The number of hydrogen-bond donors (Lipinski definition) is 10. The van der Waals surface area contributed by atoms with Crippen molar-refractivity contribution in [2.24, 2.45) is 23.5 Å². The number of aliphatic carboxylic acids is 4. The smallest absolute Gasteiger partial charge is 0.326 e. The summed E-state index contributed by atoms with van der Waals surface area (Å²) < 4.78 is 43.4. The molecular formula is C80H138N6O27. The van der Waals surface area contributed by atoms with Crippen LogP contribution in [0, 0.1) is 17.8 Å². The Hall–Kier alpha value is -7.11. The largest absolute Gasteiger partial charge is 0.481 e. The van der Waals surface area contributed by atoms with Crippen LogP contribution >= 0.6 is 0 Å². The second-order valence-corrected chi connectivity index (χ2v) is 29.1. The van der Waals surface area contributed by atoms with Gasteiger partial charge in [-0.2, -0.15) is 0 Å². The van der Waals surface area contributed by atoms with Crippen molar-refractivity contribution in [3.63, 3.8) is 0 Å². The maximum absolute atomic E-state index is 13.7. The molecule has 0 aliphatic heterocycles. The van der Waals surface area contributed by atoms with Gasteiger partial charge in [-0.3, -0.25) is 67.1 Å². The maximum atomic E-state index is 13.7. The number of nitrogens with one attached hydrogen (secondary N) is 5. The molecule has 0 spiro atoms. The van der Waals surface area contributed by atoms with Gasteiger partial charge < -0.3 is 90.6 Å². The van der Waals surface area contributed by atoms with E-state index in [2.05, 4.69) is 26.6 Å². The number of rotatable bonds is 84. The van der Waals surface area contributed by atoms with Crippen LogP contribution in [0.3, 0.4) is 0 Å². The average molecular weight is 1620 g/mol. The summed E-state index contributed by atoms with van der Waals surface area (Å²) in [6.07, 6.45) is 18.7. The molecule has 0 rings (SSSR count). The molecule has 650 valence electrons. The van der Waals surface area contributed by atoms with Gasteiger partial charge >= 0.3 is 23.9 Å². The van der Waals surface area contributed by atoms with Gasteiger partial charge in [0.15, 0.2) is 11.6 Å². The topological polar surface area (TPSA) is 497 Å². The number of carbonyl (C=O) groups is 15. The van der Waals surface area contributed by atoms with Crippen molar-refractivity contribution in [2.75, 3.05) is 132 Å². The molecule has 0 saturated heterocycles. The molecule has 33 heteroatoms. The zero-order valence-electron chi connectivity index (χ0n) is 67.9. The second-order valence-electron chi connectivity index (χ2n) is 29.1. The maximum Gasteiger partial charge on any atom is 0.326 e. The predicted octanol–water partition coefficient (Wildman–Crippen LogP) is 6.86. The molecule has 113 heavy (non-hydrogen) atoms. The lowest BCUT2D eigenvalue weighted by Gasteiger charge is -2.23. The average Bonchev–Trinajstić information content (AvgIpc) is 0.869. The molecule has 0 bridgehead atoms. The number of carbonyl (C=O) groups excluding carboxylic acids is 11. The molecule has 0 aromatic carbocycles. The van der Waals surface area contributed by atoms with E-state index < -0.39 is 53.2 Å². The van der Waals surface area contributed by atoms with Gasteiger partial charge in [0.05, 0.1) is 77.5 Å². The molecule has 0 fully saturated rings. The summed E-state index contributed by atoms with van der Waals surface area (Å²) in [5.74, 6) is -8.93. The normalized spacial score (nSPS) is 12.4. The van der Waals surface area contributed by atoms with Crippen molar-refractivity contribution < 1.29 is 130 Å². The Morgan fingerprint density at radius 3 is 1.14 bits per heavy atom. The summed E-state index contributed by atoms with van der Waals surface area (Å²) in [5, 5.41) is 49.9. The van der Waals surface area contributed by atoms with E-state index in [0.717, 1.165) is 77.0 Å². The number of carboxylic acids is 4. The molecule has 0 heterocycles. The number of amides is 5. The van der Waals surface area contributed by atoms with Gasteiger partial charge in [0.1, 0.15) is 55.6 Å². The Bertz CT molecular complexity index is 2710. The second kappa shape index (κ2) is 71.4. The Morgan fingerprint density at radius 2 is 0.699 bits per heavy atom. The third-order valence-corrected chi connectivity index (χ3v) is 18.3. The summed E-state index contributed by atoms with van der Waals surface area (Å²) in [5.41, 5.74) is 4.92. The first kappa shape index (κ1) is 106. The van der Waals surface area contributed by atoms with Crippen molar-refractivity contribution in [1.82, 2.24) is 26.6 Å². The standard InChI is InChI=1S/C80H138N6O27/c1-61(87)62(26-20-22-38-82-73(95)58-111-51-47-107-43-25-30-67(90)57-110-50-48-108-44-40-84-71(93)37-34-64(78(102)103)54-66(89)28-16-12-8-4-6-10-14-18-32-76(98)99)55-69(91)63(56-70(92)80(2,3)81)27-21-23-39-83-74(96)59-113-53-49-109-45-41-85-75(97)60-112-52-46-106-42-24-29-65(88)35-36-68(79(104)105)86-72(94)31-17-13-9-5-7-11-15-19-33-77(100)101/h62-64,68H,4-60,81H2,1-3H3,(H,82,95)(H,83,96)(H,84,93)(H,85,97)(H,86,94)(H,98,99)(H,100,101)(H,102,103)(H,104,105)/t62-,63-,64-,68?/m1/s1. The molecular weight excluding hydrogens is 1480 g/mol. The highest BCUT2D eigenvalue weighted by molar-refractivity contribution is 5.94. The lowest BCUT2D eigenvalue weighted by Crippen LogP contribution is -2.43. The highest BCUT2D eigenvalue weighted by Gasteiger charge is 2.31. The molecule has 1 unspecified atom stereocenters. The van der Waals surface area contributed by atoms with Gasteiger partial charge in [0.2, 0.25) is 29.5 Å². The Kier molecular flexibility index (Phi) is 66.9. The summed E-state index contributed by atoms with van der Waals surface area (Å²) in [6.45, 7) is 7.08. The van der Waals surface area contributed by atoms with Crippen LogP contribution in [0.2, 0.25) is 0 Å². The number of unbranched alkanes of at least 4 members (excludes halogenated alkanes) is 16. The predicted molar refractivity (Wildman–Crippen MR) is 416 cm³/mol. The molecule has 5 amide bonds. The number of ketones is 6. The van der Waals surface area contributed by atoms with Crippen molar-refractivity contribution >= 4 is 88.1 Å². The molecule has 0 aliphatic rings. The van der Waals surface area contributed by atoms with Crippen LogP contribution < -0.4 is 32.3 Å². The molecule has 0 aliphatic carbocycles. The van der Waals surface area contributed by atoms with Gasteiger partial charge in [0, 0.05) is 122 Å². The first-order valence-electron chi connectivity index (χ1n) is 40.9. The van der Waals surface area contributed by atoms with Crippen LogP contribution in [0.5, 0.6) is 0 Å². The van der Waals surface area contributed by atoms with Crippen molar-refractivity contribution in [3.8, 4) is 0 Å². The summed E-state index contributed by atoms with van der Waals surface area (Å²) in [4.78, 5) is 183. The Balaban J connectivity index is 4.15. The number of hydrogen-bond acceptors (Lipinski definition) is 24. The van der Waals surface area contributed by atoms with Gasteiger partial charge in [-0.15, -0.1) is 0 Å². The molecule has 11 N–H and O–H groups in total. The van der Waals surface area contributed by atoms with E-state index in [0.29, 0.717) is 103 Å². The minimum Gasteiger partial charge on any atom is -0.481 e. The van der Waals surface area contributed by atoms with E-state index in [1.54, 1.807) is 13.8 Å². The zero-order valence-corrected chi connectivity index (χ0v) is 67.9. The lowest BCUT2D eigenvalue weighted by molar-refractivity contribution is -0.144. The first-order valence-corrected chi connectivity index (χ1v) is 40.9. The third-order valence-electron chi connectivity index (χ3n) is 18.3. The fraction of sp³-hybridized carbons (Fsp3) is 0.812. The summed E-state index contributed by atoms with van der Waals surface area (Å²) in [6, 6.07) is -1.16. The monoisotopic (exact) mass is 1610 g/mol. The van der Waals surface area contributed by atoms with Crippen LogP contribution in [0.1, 0.15) is 258 Å². The van der Waals surface area contributed by atoms with Gasteiger partial charge in [-0.05, 0) is 97.8 Å². The lowest BCUT2D eigenvalue weighted by atomic mass is 9.82. The molecule has 0 aromatic rings. The fourth-order valence-electron chi connectivity index (χ4n) is 11.6. The summed E-state index contributed by atoms with van der Waals surface area (Å²) in [7, 11) is 0. The van der Waals surface area contributed by atoms with E-state index in [4.69, 9.17) is 53.8 Å². The van der Waals surface area contributed by atoms with Gasteiger partial charge in [-0.25, -0.2) is 4.79 Å². The number of ether oxygens (including phenoxy) is 8. The quantitative estimate of drug-likeness (QED) is 0.0278. The van der Waals surface area contributed by atoms with Gasteiger partial charge in [0.25, 0.3) is 0 Å². The molecule has 0 radical (unpaired) electrons. The minimum absolute atomic E-state index is 0.00395. The van der Waals surface area contributed by atoms with E-state index in [9.17, 15) is 82.1 Å². The van der Waals surface area contributed by atoms with Crippen LogP contribution in [0.15, 0.2) is 0 Å². The van der Waals surface area contributed by atoms with Crippen LogP contribution in [0.25, 0.3) is 0 Å². The fourth-order valence-corrected chi connectivity index (χ4v) is 11.6. The molecule has 33 nitrogen and oxygen atoms in total. The Morgan fingerprint density at radius 1 is 0.310 bits per heavy atom. The number of nitrogens with two attached hydrogens (primary N) is 1. The molecule has 0 saturated carbocycles. The molecule has 0 aromatic heterocycles. The summed E-state index contributed by atoms with van der Waals surface area (Å²) >= 11 is 0. The minimum atomic E-state index is -1.20. The van der Waals surface area contributed by atoms with Crippen molar-refractivity contribution in [1.29, 1.82) is 0 Å². The van der Waals surface area contributed by atoms with E-state index in [1.807, 2.05) is 0 Å². The van der Waals surface area contributed by atoms with Crippen LogP contribution in [-0.2, 0) is 110 Å². The SMILES string of the molecule is CC(=O)[C@H](CCCCNC(=O)COCCOCCCC(=O)COCCOCCNC(=O)CC[C@H](CC(=O)CCCCCCCCCCC(=O)O)C(=O)O)CC(=O)[C@H](CCCCNC(=O)COCCOCCNC(=O)COCCOCCCC(=O)CCC(NC(=O)CCCCCCCCCCC(=O)O)C(=O)O)CC(=O)C(C)(C)N. The Labute approximate surface area is 667 Å². The zero-order chi connectivity index (χ0) is 84.0. The highest BCUT2D eigenvalue weighted by Crippen LogP contribution is 2.25. The molecule has 4 atom stereocenters. The van der Waals surface area contributed by atoms with E-state index >= 15 is 0 Å². The third kappa shape index (κ3) is 69.0. The number of carboxylic acid groups (broad SMARTS) is 4. The van der Waals surface area contributed by atoms with Gasteiger partial charge in [-0.1, -0.05) is 89.9 Å². The van der Waals surface area contributed by atoms with Crippen LogP contribution in [-0.4, -0.2) is 252 Å². The van der Waals surface area contributed by atoms with E-state index in [-0.39, 0.29) is 253 Å². The van der Waals surface area contributed by atoms with E-state index in [1.165, 1.54) is 6.92 Å². The van der Waals surface area contributed by atoms with Crippen molar-refractivity contribution in [3.05, 3.63) is 0 Å². The van der Waals surface area contributed by atoms with Crippen molar-refractivity contribution in [2.45, 2.75) is 270 Å². The van der Waals surface area contributed by atoms with Crippen LogP contribution in [0.4, 0.5) is 0 Å². The highest BCUT2D eigenvalue weighted by atomic mass is 16.5.